The lowest BCUT2D eigenvalue weighted by molar-refractivity contribution is 0.255. The molecule has 1 heterocycles. The molecule has 1 saturated carbocycles. The monoisotopic (exact) mass is 380 g/mol. The van der Waals surface area contributed by atoms with Crippen LogP contribution in [0.15, 0.2) is 59.7 Å². The Labute approximate surface area is 171 Å². The minimum Gasteiger partial charge on any atom is -0.361 e. The second kappa shape index (κ2) is 8.33. The van der Waals surface area contributed by atoms with Crippen LogP contribution in [0.1, 0.15) is 48.8 Å². The van der Waals surface area contributed by atoms with E-state index in [9.17, 15) is 5.26 Å². The van der Waals surface area contributed by atoms with Gasteiger partial charge in [0.2, 0.25) is 0 Å². The number of fused-ring (bicyclic) bond motifs is 1. The van der Waals surface area contributed by atoms with Crippen molar-refractivity contribution in [1.82, 2.24) is 4.98 Å². The van der Waals surface area contributed by atoms with E-state index in [1.54, 1.807) is 12.1 Å². The summed E-state index contributed by atoms with van der Waals surface area (Å²) in [5.74, 6) is 0.254. The minimum atomic E-state index is -0.778. The molecular weight excluding hydrogens is 356 g/mol. The number of nitriles is 2. The SMILES string of the molecule is N#Cc1ccc(C=N[C@@](C#N)(Cc2c[nH]c3ccccc23)C2CCCCC2)cc1. The van der Waals surface area contributed by atoms with Crippen LogP contribution in [0.5, 0.6) is 0 Å². The summed E-state index contributed by atoms with van der Waals surface area (Å²) in [4.78, 5) is 8.25. The molecule has 0 unspecified atom stereocenters. The summed E-state index contributed by atoms with van der Waals surface area (Å²) in [6.07, 6.45) is 10.1. The van der Waals surface area contributed by atoms with E-state index in [0.717, 1.165) is 47.7 Å². The number of nitrogens with zero attached hydrogens (tertiary/aromatic N) is 3. The molecule has 29 heavy (non-hydrogen) atoms. The van der Waals surface area contributed by atoms with Crippen molar-refractivity contribution in [1.29, 1.82) is 10.5 Å². The summed E-state index contributed by atoms with van der Waals surface area (Å²) in [5.41, 5.74) is 3.00. The number of aliphatic imine (C=N–C) groups is 1. The van der Waals surface area contributed by atoms with Crippen molar-refractivity contribution >= 4 is 17.1 Å². The number of benzene rings is 2. The molecule has 0 saturated heterocycles. The van der Waals surface area contributed by atoms with E-state index >= 15 is 0 Å². The Kier molecular flexibility index (Phi) is 5.45. The summed E-state index contributed by atoms with van der Waals surface area (Å²) in [6.45, 7) is 0. The number of nitrogens with one attached hydrogen (secondary N) is 1. The zero-order chi connectivity index (χ0) is 20.1. The van der Waals surface area contributed by atoms with E-state index in [4.69, 9.17) is 10.3 Å². The van der Waals surface area contributed by atoms with Crippen molar-refractivity contribution in [3.8, 4) is 12.1 Å². The molecule has 1 aliphatic carbocycles. The van der Waals surface area contributed by atoms with Crippen molar-refractivity contribution in [3.63, 3.8) is 0 Å². The standard InChI is InChI=1S/C25H24N4/c26-15-19-10-12-20(13-11-19)16-29-25(18-27,22-6-2-1-3-7-22)14-21-17-28-24-9-5-4-8-23(21)24/h4-5,8-13,16-17,22,28H,1-3,6-7,14H2/t25-/m1/s1. The van der Waals surface area contributed by atoms with E-state index in [-0.39, 0.29) is 5.92 Å². The normalized spacial score (nSPS) is 17.0. The molecule has 0 bridgehead atoms. The van der Waals surface area contributed by atoms with Gasteiger partial charge in [0.15, 0.2) is 5.54 Å². The number of para-hydroxylation sites is 1. The molecule has 1 aliphatic rings. The van der Waals surface area contributed by atoms with Crippen molar-refractivity contribution in [2.75, 3.05) is 0 Å². The van der Waals surface area contributed by atoms with Crippen LogP contribution >= 0.6 is 0 Å². The molecular formula is C25H24N4. The highest BCUT2D eigenvalue weighted by Gasteiger charge is 2.39. The summed E-state index contributed by atoms with van der Waals surface area (Å²) < 4.78 is 0. The summed E-state index contributed by atoms with van der Waals surface area (Å²) in [7, 11) is 0. The average molecular weight is 380 g/mol. The zero-order valence-corrected chi connectivity index (χ0v) is 16.4. The molecule has 4 heteroatoms. The second-order valence-corrected chi connectivity index (χ2v) is 7.90. The van der Waals surface area contributed by atoms with Crippen LogP contribution in [0.4, 0.5) is 0 Å². The largest absolute Gasteiger partial charge is 0.361 e. The van der Waals surface area contributed by atoms with Gasteiger partial charge >= 0.3 is 0 Å². The van der Waals surface area contributed by atoms with Crippen LogP contribution < -0.4 is 0 Å². The van der Waals surface area contributed by atoms with Crippen molar-refractivity contribution in [2.24, 2.45) is 10.9 Å². The first kappa shape index (κ1) is 19.0. The van der Waals surface area contributed by atoms with Crippen LogP contribution in [0.25, 0.3) is 10.9 Å². The summed E-state index contributed by atoms with van der Waals surface area (Å²) in [5, 5.41) is 20.5. The topological polar surface area (TPSA) is 75.7 Å². The highest BCUT2D eigenvalue weighted by molar-refractivity contribution is 5.84. The lowest BCUT2D eigenvalue weighted by atomic mass is 9.72. The van der Waals surface area contributed by atoms with Gasteiger partial charge in [0, 0.05) is 29.7 Å². The van der Waals surface area contributed by atoms with Crippen molar-refractivity contribution in [3.05, 3.63) is 71.4 Å². The molecule has 4 nitrogen and oxygen atoms in total. The number of rotatable bonds is 5. The fraction of sp³-hybridized carbons (Fsp3) is 0.320. The lowest BCUT2D eigenvalue weighted by Crippen LogP contribution is -2.38. The van der Waals surface area contributed by atoms with E-state index < -0.39 is 5.54 Å². The average Bonchev–Trinajstić information content (AvgIpc) is 3.20. The van der Waals surface area contributed by atoms with Crippen LogP contribution in [0.3, 0.4) is 0 Å². The molecule has 3 aromatic rings. The Morgan fingerprint density at radius 1 is 1.03 bits per heavy atom. The molecule has 1 N–H and O–H groups in total. The van der Waals surface area contributed by atoms with E-state index in [1.807, 2.05) is 36.7 Å². The molecule has 1 aromatic heterocycles. The van der Waals surface area contributed by atoms with Crippen LogP contribution in [0.2, 0.25) is 0 Å². The second-order valence-electron chi connectivity index (χ2n) is 7.90. The highest BCUT2D eigenvalue weighted by Crippen LogP contribution is 2.38. The first-order chi connectivity index (χ1) is 14.2. The maximum atomic E-state index is 10.3. The molecule has 4 rings (SSSR count). The molecule has 2 aromatic carbocycles. The fourth-order valence-electron chi connectivity index (χ4n) is 4.44. The lowest BCUT2D eigenvalue weighted by Gasteiger charge is -2.34. The van der Waals surface area contributed by atoms with Gasteiger partial charge in [-0.2, -0.15) is 10.5 Å². The number of hydrogen-bond acceptors (Lipinski definition) is 3. The van der Waals surface area contributed by atoms with Gasteiger partial charge in [-0.15, -0.1) is 0 Å². The third kappa shape index (κ3) is 3.93. The van der Waals surface area contributed by atoms with E-state index in [0.29, 0.717) is 12.0 Å². The maximum absolute atomic E-state index is 10.3. The quantitative estimate of drug-likeness (QED) is 0.590. The van der Waals surface area contributed by atoms with Gasteiger partial charge in [0.1, 0.15) is 0 Å². The molecule has 0 amide bonds. The van der Waals surface area contributed by atoms with E-state index in [2.05, 4.69) is 29.3 Å². The number of H-pyrrole nitrogens is 1. The van der Waals surface area contributed by atoms with E-state index in [1.165, 1.54) is 6.42 Å². The molecule has 0 spiro atoms. The third-order valence-electron chi connectivity index (χ3n) is 6.09. The van der Waals surface area contributed by atoms with Crippen LogP contribution in [0, 0.1) is 28.6 Å². The Hall–Kier alpha value is -3.37. The zero-order valence-electron chi connectivity index (χ0n) is 16.4. The van der Waals surface area contributed by atoms with Gasteiger partial charge in [-0.25, -0.2) is 0 Å². The predicted molar refractivity (Wildman–Crippen MR) is 116 cm³/mol. The Morgan fingerprint density at radius 2 is 1.79 bits per heavy atom. The molecule has 144 valence electrons. The summed E-state index contributed by atoms with van der Waals surface area (Å²) >= 11 is 0. The molecule has 1 atom stereocenters. The predicted octanol–water partition coefficient (Wildman–Crippen LogP) is 5.54. The fourth-order valence-corrected chi connectivity index (χ4v) is 4.44. The Balaban J connectivity index is 1.71. The van der Waals surface area contributed by atoms with Gasteiger partial charge in [-0.1, -0.05) is 49.6 Å². The third-order valence-corrected chi connectivity index (χ3v) is 6.09. The smallest absolute Gasteiger partial charge is 0.153 e. The molecule has 1 fully saturated rings. The first-order valence-electron chi connectivity index (χ1n) is 10.3. The first-order valence-corrected chi connectivity index (χ1v) is 10.3. The molecule has 0 aliphatic heterocycles. The number of hydrogen-bond donors (Lipinski definition) is 1. The van der Waals surface area contributed by atoms with Crippen molar-refractivity contribution < 1.29 is 0 Å². The number of aromatic nitrogens is 1. The highest BCUT2D eigenvalue weighted by atomic mass is 14.9. The maximum Gasteiger partial charge on any atom is 0.153 e. The minimum absolute atomic E-state index is 0.254. The Bertz CT molecular complexity index is 1090. The van der Waals surface area contributed by atoms with Gasteiger partial charge < -0.3 is 4.98 Å². The summed E-state index contributed by atoms with van der Waals surface area (Å²) in [6, 6.07) is 20.3. The van der Waals surface area contributed by atoms with Gasteiger partial charge in [0.25, 0.3) is 0 Å². The van der Waals surface area contributed by atoms with Gasteiger partial charge in [0.05, 0.1) is 17.7 Å². The van der Waals surface area contributed by atoms with Crippen LogP contribution in [-0.2, 0) is 6.42 Å². The molecule has 0 radical (unpaired) electrons. The Morgan fingerprint density at radius 3 is 2.52 bits per heavy atom. The van der Waals surface area contributed by atoms with Gasteiger partial charge in [-0.3, -0.25) is 4.99 Å². The number of aromatic amines is 1. The van der Waals surface area contributed by atoms with Gasteiger partial charge in [-0.05, 0) is 48.1 Å². The van der Waals surface area contributed by atoms with Crippen LogP contribution in [-0.4, -0.2) is 16.7 Å². The van der Waals surface area contributed by atoms with Crippen molar-refractivity contribution in [2.45, 2.75) is 44.1 Å².